The van der Waals surface area contributed by atoms with Gasteiger partial charge in [0.25, 0.3) is 5.91 Å². The standard InChI is InChI=1S/C34H33F3N8O3/c35-34(36,37)23-7-4-10-26(20-23)48-25-9-3-6-21(18-25)31-44-27-19-22(32(47)42-17-14-24-8-1-2-15-41-24)12-13-28(27)45(31)29(30(38)46)11-5-16-43-33(39)40/h1-4,6-10,12-13,15,18-20,29H,5,11,14,16-17H2,(H2,38,46)(H,42,47)(H4,39,40,43)/t29-/m1/s1. The van der Waals surface area contributed by atoms with Gasteiger partial charge < -0.3 is 31.8 Å². The average molecular weight is 659 g/mol. The monoisotopic (exact) mass is 658 g/mol. The Morgan fingerprint density at radius 3 is 2.42 bits per heavy atom. The van der Waals surface area contributed by atoms with E-state index in [1.54, 1.807) is 53.2 Å². The predicted octanol–water partition coefficient (Wildman–Crippen LogP) is 4.96. The summed E-state index contributed by atoms with van der Waals surface area (Å²) in [4.78, 5) is 39.0. The number of amides is 2. The van der Waals surface area contributed by atoms with Crippen LogP contribution < -0.4 is 27.3 Å². The van der Waals surface area contributed by atoms with E-state index < -0.39 is 23.7 Å². The van der Waals surface area contributed by atoms with Gasteiger partial charge in [0.15, 0.2) is 5.96 Å². The van der Waals surface area contributed by atoms with Gasteiger partial charge in [0.2, 0.25) is 5.91 Å². The van der Waals surface area contributed by atoms with Gasteiger partial charge in [-0.25, -0.2) is 4.98 Å². The molecule has 5 rings (SSSR count). The Morgan fingerprint density at radius 2 is 1.71 bits per heavy atom. The summed E-state index contributed by atoms with van der Waals surface area (Å²) < 4.78 is 47.3. The second kappa shape index (κ2) is 14.7. The van der Waals surface area contributed by atoms with Gasteiger partial charge >= 0.3 is 6.18 Å². The minimum atomic E-state index is -4.54. The molecule has 0 saturated heterocycles. The molecule has 14 heteroatoms. The van der Waals surface area contributed by atoms with Crippen molar-refractivity contribution in [3.8, 4) is 22.9 Å². The number of carbonyl (C=O) groups excluding carboxylic acids is 2. The summed E-state index contributed by atoms with van der Waals surface area (Å²) in [6.07, 6.45) is -1.62. The van der Waals surface area contributed by atoms with Gasteiger partial charge in [0.1, 0.15) is 23.4 Å². The number of imidazole rings is 1. The smallest absolute Gasteiger partial charge is 0.416 e. The second-order valence-corrected chi connectivity index (χ2v) is 10.9. The van der Waals surface area contributed by atoms with Crippen molar-refractivity contribution < 1.29 is 27.5 Å². The highest BCUT2D eigenvalue weighted by Crippen LogP contribution is 2.35. The van der Waals surface area contributed by atoms with Crippen LogP contribution in [0.2, 0.25) is 0 Å². The molecule has 2 heterocycles. The van der Waals surface area contributed by atoms with Crippen LogP contribution >= 0.6 is 0 Å². The van der Waals surface area contributed by atoms with Crippen molar-refractivity contribution in [3.05, 3.63) is 108 Å². The summed E-state index contributed by atoms with van der Waals surface area (Å²) in [7, 11) is 0. The van der Waals surface area contributed by atoms with Gasteiger partial charge in [-0.1, -0.05) is 24.3 Å². The Balaban J connectivity index is 1.49. The van der Waals surface area contributed by atoms with Crippen LogP contribution in [0.4, 0.5) is 13.2 Å². The third-order valence-electron chi connectivity index (χ3n) is 7.40. The van der Waals surface area contributed by atoms with E-state index in [4.69, 9.17) is 26.9 Å². The number of pyridine rings is 1. The second-order valence-electron chi connectivity index (χ2n) is 10.9. The van der Waals surface area contributed by atoms with E-state index in [2.05, 4.69) is 15.3 Å². The van der Waals surface area contributed by atoms with Crippen molar-refractivity contribution in [2.75, 3.05) is 13.1 Å². The Morgan fingerprint density at radius 1 is 0.938 bits per heavy atom. The van der Waals surface area contributed by atoms with Gasteiger partial charge in [-0.3, -0.25) is 19.6 Å². The Hall–Kier alpha value is -5.92. The largest absolute Gasteiger partial charge is 0.457 e. The van der Waals surface area contributed by atoms with Gasteiger partial charge in [0.05, 0.1) is 16.6 Å². The number of nitrogens with zero attached hydrogens (tertiary/aromatic N) is 4. The van der Waals surface area contributed by atoms with Crippen LogP contribution in [0.3, 0.4) is 0 Å². The Bertz CT molecular complexity index is 1940. The summed E-state index contributed by atoms with van der Waals surface area (Å²) in [6.45, 7) is 0.628. The van der Waals surface area contributed by atoms with E-state index in [0.29, 0.717) is 47.4 Å². The molecule has 0 radical (unpaired) electrons. The lowest BCUT2D eigenvalue weighted by atomic mass is 10.1. The van der Waals surface area contributed by atoms with Crippen molar-refractivity contribution in [2.24, 2.45) is 22.2 Å². The first kappa shape index (κ1) is 33.4. The number of carbonyl (C=O) groups is 2. The van der Waals surface area contributed by atoms with Gasteiger partial charge in [-0.2, -0.15) is 13.2 Å². The number of rotatable bonds is 13. The van der Waals surface area contributed by atoms with Crippen molar-refractivity contribution in [2.45, 2.75) is 31.5 Å². The number of hydrogen-bond donors (Lipinski definition) is 4. The van der Waals surface area contributed by atoms with E-state index in [1.165, 1.54) is 12.1 Å². The zero-order valence-electron chi connectivity index (χ0n) is 25.7. The van der Waals surface area contributed by atoms with Crippen molar-refractivity contribution >= 4 is 28.8 Å². The molecule has 2 amide bonds. The fourth-order valence-electron chi connectivity index (χ4n) is 5.17. The molecule has 0 bridgehead atoms. The molecule has 0 aliphatic heterocycles. The van der Waals surface area contributed by atoms with Crippen LogP contribution in [0, 0.1) is 0 Å². The molecule has 1 atom stereocenters. The van der Waals surface area contributed by atoms with E-state index >= 15 is 0 Å². The first-order chi connectivity index (χ1) is 23.0. The molecule has 0 fully saturated rings. The molecular formula is C34H33F3N8O3. The van der Waals surface area contributed by atoms with Gasteiger partial charge in [-0.15, -0.1) is 0 Å². The maximum absolute atomic E-state index is 13.3. The number of aliphatic imine (C=N–C) groups is 1. The molecule has 0 saturated carbocycles. The Labute approximate surface area is 273 Å². The number of nitrogens with one attached hydrogen (secondary N) is 1. The molecule has 0 spiro atoms. The van der Waals surface area contributed by atoms with Crippen LogP contribution in [-0.4, -0.2) is 45.4 Å². The molecule has 0 unspecified atom stereocenters. The van der Waals surface area contributed by atoms with Crippen molar-refractivity contribution in [1.29, 1.82) is 0 Å². The molecular weight excluding hydrogens is 625 g/mol. The molecule has 248 valence electrons. The van der Waals surface area contributed by atoms with E-state index in [-0.39, 0.29) is 36.3 Å². The molecule has 2 aromatic heterocycles. The lowest BCUT2D eigenvalue weighted by Crippen LogP contribution is -2.28. The average Bonchev–Trinajstić information content (AvgIpc) is 3.43. The number of aromatic nitrogens is 3. The quantitative estimate of drug-likeness (QED) is 0.0785. The molecule has 7 N–H and O–H groups in total. The highest BCUT2D eigenvalue weighted by atomic mass is 19.4. The molecule has 11 nitrogen and oxygen atoms in total. The minimum Gasteiger partial charge on any atom is -0.457 e. The maximum Gasteiger partial charge on any atom is 0.416 e. The lowest BCUT2D eigenvalue weighted by molar-refractivity contribution is -0.137. The summed E-state index contributed by atoms with van der Waals surface area (Å²) in [5, 5.41) is 2.89. The summed E-state index contributed by atoms with van der Waals surface area (Å²) in [5.41, 5.74) is 18.6. The SMILES string of the molecule is NC(=O)[C@@H](CCCN=C(N)N)n1c(-c2cccc(Oc3cccc(C(F)(F)F)c3)c2)nc2cc(C(=O)NCCc3ccccn3)ccc21. The lowest BCUT2D eigenvalue weighted by Gasteiger charge is -2.19. The fraction of sp³-hybridized carbons (Fsp3) is 0.206. The first-order valence-corrected chi connectivity index (χ1v) is 15.0. The van der Waals surface area contributed by atoms with Crippen LogP contribution in [0.5, 0.6) is 11.5 Å². The Kier molecular flexibility index (Phi) is 10.2. The first-order valence-electron chi connectivity index (χ1n) is 15.0. The normalized spacial score (nSPS) is 12.0. The number of alkyl halides is 3. The number of guanidine groups is 1. The van der Waals surface area contributed by atoms with Crippen LogP contribution in [-0.2, 0) is 17.4 Å². The van der Waals surface area contributed by atoms with Crippen molar-refractivity contribution in [1.82, 2.24) is 19.9 Å². The van der Waals surface area contributed by atoms with Crippen LogP contribution in [0.25, 0.3) is 22.4 Å². The molecule has 0 aliphatic carbocycles. The van der Waals surface area contributed by atoms with E-state index in [9.17, 15) is 22.8 Å². The fourth-order valence-corrected chi connectivity index (χ4v) is 5.17. The van der Waals surface area contributed by atoms with E-state index in [0.717, 1.165) is 17.8 Å². The molecule has 0 aliphatic rings. The third-order valence-corrected chi connectivity index (χ3v) is 7.40. The molecule has 48 heavy (non-hydrogen) atoms. The highest BCUT2D eigenvalue weighted by molar-refractivity contribution is 5.98. The van der Waals surface area contributed by atoms with Crippen molar-refractivity contribution in [3.63, 3.8) is 0 Å². The highest BCUT2D eigenvalue weighted by Gasteiger charge is 2.31. The molecule has 5 aromatic rings. The number of benzene rings is 3. The number of hydrogen-bond acceptors (Lipinski definition) is 6. The predicted molar refractivity (Wildman–Crippen MR) is 175 cm³/mol. The van der Waals surface area contributed by atoms with E-state index in [1.807, 2.05) is 18.2 Å². The zero-order valence-corrected chi connectivity index (χ0v) is 25.7. The summed E-state index contributed by atoms with van der Waals surface area (Å²) in [6, 6.07) is 20.7. The van der Waals surface area contributed by atoms with Crippen LogP contribution in [0.1, 0.15) is 40.5 Å². The van der Waals surface area contributed by atoms with Gasteiger partial charge in [0, 0.05) is 42.5 Å². The van der Waals surface area contributed by atoms with Crippen LogP contribution in [0.15, 0.2) is 96.1 Å². The number of halogens is 3. The summed E-state index contributed by atoms with van der Waals surface area (Å²) in [5.74, 6) is -0.469. The topological polar surface area (TPSA) is 177 Å². The zero-order chi connectivity index (χ0) is 34.3. The molecule has 3 aromatic carbocycles. The number of nitrogens with two attached hydrogens (primary N) is 3. The number of fused-ring (bicyclic) bond motifs is 1. The maximum atomic E-state index is 13.3. The number of primary amides is 1. The number of ether oxygens (including phenoxy) is 1. The minimum absolute atomic E-state index is 0.0103. The summed E-state index contributed by atoms with van der Waals surface area (Å²) >= 11 is 0. The third kappa shape index (κ3) is 8.26. The van der Waals surface area contributed by atoms with Gasteiger partial charge in [-0.05, 0) is 73.5 Å².